The van der Waals surface area contributed by atoms with Gasteiger partial charge in [0.1, 0.15) is 0 Å². The van der Waals surface area contributed by atoms with Gasteiger partial charge in [0.15, 0.2) is 5.82 Å². The molecule has 2 fully saturated rings. The third-order valence-electron chi connectivity index (χ3n) is 5.88. The third kappa shape index (κ3) is 3.81. The maximum atomic E-state index is 11.8. The first-order valence-electron chi connectivity index (χ1n) is 9.78. The number of anilines is 2. The molecule has 2 aromatic heterocycles. The van der Waals surface area contributed by atoms with E-state index in [1.165, 1.54) is 26.2 Å². The Morgan fingerprint density at radius 1 is 1.11 bits per heavy atom. The van der Waals surface area contributed by atoms with Gasteiger partial charge >= 0.3 is 0 Å². The molecule has 0 spiro atoms. The van der Waals surface area contributed by atoms with Crippen LogP contribution in [0.25, 0.3) is 11.3 Å². The summed E-state index contributed by atoms with van der Waals surface area (Å²) in [5.41, 5.74) is 2.86. The lowest BCUT2D eigenvalue weighted by atomic mass is 9.96. The van der Waals surface area contributed by atoms with Crippen molar-refractivity contribution in [2.24, 2.45) is 0 Å². The second kappa shape index (κ2) is 7.64. The van der Waals surface area contributed by atoms with Crippen LogP contribution in [-0.2, 0) is 4.79 Å². The highest BCUT2D eigenvalue weighted by molar-refractivity contribution is 5.92. The number of likely N-dealkylation sites (N-methyl/N-ethyl adjacent to an activating group) is 1. The summed E-state index contributed by atoms with van der Waals surface area (Å²) in [5.74, 6) is 0.553. The highest BCUT2D eigenvalue weighted by Crippen LogP contribution is 2.33. The van der Waals surface area contributed by atoms with Gasteiger partial charge in [0.25, 0.3) is 0 Å². The molecule has 2 saturated heterocycles. The normalized spacial score (nSPS) is 23.0. The number of nitrogens with zero attached hydrogens (tertiary/aromatic N) is 4. The lowest BCUT2D eigenvalue weighted by molar-refractivity contribution is -0.114. The van der Waals surface area contributed by atoms with Gasteiger partial charge in [-0.15, -0.1) is 0 Å². The first kappa shape index (κ1) is 17.9. The Bertz CT molecular complexity index is 809. The number of hydrogen-bond donors (Lipinski definition) is 1. The number of piperidine rings is 1. The number of fused-ring (bicyclic) bond motifs is 2. The van der Waals surface area contributed by atoms with Crippen LogP contribution < -0.4 is 10.2 Å². The fourth-order valence-corrected chi connectivity index (χ4v) is 4.38. The number of carbonyl (C=O) groups is 1. The fraction of sp³-hybridized carbons (Fsp3) is 0.476. The molecule has 2 bridgehead atoms. The first-order chi connectivity index (χ1) is 13.1. The lowest BCUT2D eigenvalue weighted by Crippen LogP contribution is -2.45. The fourth-order valence-electron chi connectivity index (χ4n) is 4.38. The SMILES string of the molecule is CC(=O)Nc1nc(-c2ccncc2)ccc1N1CCC2CCCC(C1)N2C. The van der Waals surface area contributed by atoms with Gasteiger partial charge in [0, 0.05) is 50.1 Å². The van der Waals surface area contributed by atoms with Gasteiger partial charge in [-0.25, -0.2) is 4.98 Å². The molecule has 4 rings (SSSR count). The number of nitrogens with one attached hydrogen (secondary N) is 1. The van der Waals surface area contributed by atoms with Gasteiger partial charge in [-0.1, -0.05) is 6.42 Å². The van der Waals surface area contributed by atoms with Crippen LogP contribution in [0.2, 0.25) is 0 Å². The Balaban J connectivity index is 1.67. The van der Waals surface area contributed by atoms with Crippen LogP contribution in [0.5, 0.6) is 0 Å². The Labute approximate surface area is 160 Å². The molecule has 142 valence electrons. The molecule has 0 saturated carbocycles. The number of pyridine rings is 2. The number of amides is 1. The number of aromatic nitrogens is 2. The minimum absolute atomic E-state index is 0.0960. The second-order valence-corrected chi connectivity index (χ2v) is 7.62. The van der Waals surface area contributed by atoms with Crippen molar-refractivity contribution in [3.63, 3.8) is 0 Å². The molecule has 0 aliphatic carbocycles. The van der Waals surface area contributed by atoms with Crippen molar-refractivity contribution in [2.75, 3.05) is 30.4 Å². The molecule has 0 radical (unpaired) electrons. The summed E-state index contributed by atoms with van der Waals surface area (Å²) in [5, 5.41) is 2.95. The van der Waals surface area contributed by atoms with E-state index in [9.17, 15) is 4.79 Å². The van der Waals surface area contributed by atoms with Crippen LogP contribution in [0.3, 0.4) is 0 Å². The highest BCUT2D eigenvalue weighted by Gasteiger charge is 2.33. The molecule has 1 N–H and O–H groups in total. The maximum Gasteiger partial charge on any atom is 0.222 e. The van der Waals surface area contributed by atoms with E-state index in [1.807, 2.05) is 18.2 Å². The highest BCUT2D eigenvalue weighted by atomic mass is 16.1. The van der Waals surface area contributed by atoms with Crippen LogP contribution in [0.4, 0.5) is 11.5 Å². The third-order valence-corrected chi connectivity index (χ3v) is 5.88. The van der Waals surface area contributed by atoms with E-state index in [2.05, 4.69) is 33.2 Å². The van der Waals surface area contributed by atoms with Gasteiger partial charge in [0.2, 0.25) is 5.91 Å². The summed E-state index contributed by atoms with van der Waals surface area (Å²) in [6.07, 6.45) is 8.51. The molecule has 0 aromatic carbocycles. The Morgan fingerprint density at radius 2 is 1.89 bits per heavy atom. The van der Waals surface area contributed by atoms with Crippen LogP contribution in [0.1, 0.15) is 32.6 Å². The van der Waals surface area contributed by atoms with Crippen molar-refractivity contribution >= 4 is 17.4 Å². The molecule has 2 aromatic rings. The van der Waals surface area contributed by atoms with Gasteiger partial charge in [0.05, 0.1) is 11.4 Å². The van der Waals surface area contributed by atoms with Gasteiger partial charge < -0.3 is 10.2 Å². The van der Waals surface area contributed by atoms with E-state index in [4.69, 9.17) is 4.98 Å². The van der Waals surface area contributed by atoms with Crippen LogP contribution in [-0.4, -0.2) is 53.0 Å². The summed E-state index contributed by atoms with van der Waals surface area (Å²) < 4.78 is 0. The molecule has 2 aliphatic rings. The van der Waals surface area contributed by atoms with Crippen molar-refractivity contribution < 1.29 is 4.79 Å². The zero-order valence-corrected chi connectivity index (χ0v) is 16.1. The summed E-state index contributed by atoms with van der Waals surface area (Å²) in [4.78, 5) is 25.6. The van der Waals surface area contributed by atoms with Crippen molar-refractivity contribution in [3.8, 4) is 11.3 Å². The van der Waals surface area contributed by atoms with Gasteiger partial charge in [-0.3, -0.25) is 14.7 Å². The Morgan fingerprint density at radius 3 is 2.67 bits per heavy atom. The maximum absolute atomic E-state index is 11.8. The van der Waals surface area contributed by atoms with E-state index in [0.29, 0.717) is 17.9 Å². The van der Waals surface area contributed by atoms with Crippen molar-refractivity contribution in [2.45, 2.75) is 44.7 Å². The number of rotatable bonds is 3. The van der Waals surface area contributed by atoms with E-state index in [0.717, 1.165) is 36.5 Å². The quantitative estimate of drug-likeness (QED) is 0.905. The van der Waals surface area contributed by atoms with Crippen molar-refractivity contribution in [3.05, 3.63) is 36.7 Å². The summed E-state index contributed by atoms with van der Waals surface area (Å²) in [6.45, 7) is 3.51. The number of carbonyl (C=O) groups excluding carboxylic acids is 1. The molecule has 1 amide bonds. The zero-order chi connectivity index (χ0) is 18.8. The Kier molecular flexibility index (Phi) is 5.07. The van der Waals surface area contributed by atoms with Crippen LogP contribution in [0.15, 0.2) is 36.7 Å². The van der Waals surface area contributed by atoms with Crippen LogP contribution in [0, 0.1) is 0 Å². The van der Waals surface area contributed by atoms with Gasteiger partial charge in [-0.05, 0) is 50.6 Å². The molecular weight excluding hydrogens is 338 g/mol. The Hall–Kier alpha value is -2.47. The molecule has 4 heterocycles. The van der Waals surface area contributed by atoms with Crippen molar-refractivity contribution in [1.82, 2.24) is 14.9 Å². The lowest BCUT2D eigenvalue weighted by Gasteiger charge is -2.38. The van der Waals surface area contributed by atoms with E-state index < -0.39 is 0 Å². The average Bonchev–Trinajstić information content (AvgIpc) is 2.76. The molecular formula is C21H27N5O. The zero-order valence-electron chi connectivity index (χ0n) is 16.1. The largest absolute Gasteiger partial charge is 0.367 e. The monoisotopic (exact) mass is 365 g/mol. The summed E-state index contributed by atoms with van der Waals surface area (Å²) >= 11 is 0. The van der Waals surface area contributed by atoms with E-state index in [-0.39, 0.29) is 5.91 Å². The van der Waals surface area contributed by atoms with Crippen LogP contribution >= 0.6 is 0 Å². The van der Waals surface area contributed by atoms with E-state index >= 15 is 0 Å². The first-order valence-corrected chi connectivity index (χ1v) is 9.78. The average molecular weight is 365 g/mol. The van der Waals surface area contributed by atoms with Crippen molar-refractivity contribution in [1.29, 1.82) is 0 Å². The molecule has 6 heteroatoms. The smallest absolute Gasteiger partial charge is 0.222 e. The van der Waals surface area contributed by atoms with E-state index in [1.54, 1.807) is 12.4 Å². The molecule has 6 nitrogen and oxygen atoms in total. The molecule has 2 unspecified atom stereocenters. The molecule has 2 aliphatic heterocycles. The minimum Gasteiger partial charge on any atom is -0.367 e. The second-order valence-electron chi connectivity index (χ2n) is 7.62. The predicted molar refractivity (Wildman–Crippen MR) is 108 cm³/mol. The summed E-state index contributed by atoms with van der Waals surface area (Å²) in [7, 11) is 2.26. The standard InChI is InChI=1S/C21H27N5O/c1-15(27)23-21-20(7-6-19(24-21)16-8-11-22-12-9-16)26-13-10-17-4-3-5-18(14-26)25(17)2/h6-9,11-12,17-18H,3-5,10,13-14H2,1-2H3,(H,23,24,27). The summed E-state index contributed by atoms with van der Waals surface area (Å²) in [6, 6.07) is 9.24. The minimum atomic E-state index is -0.0960. The predicted octanol–water partition coefficient (Wildman–Crippen LogP) is 3.17. The number of hydrogen-bond acceptors (Lipinski definition) is 5. The molecule has 2 atom stereocenters. The van der Waals surface area contributed by atoms with Gasteiger partial charge in [-0.2, -0.15) is 0 Å². The topological polar surface area (TPSA) is 61.4 Å². The molecule has 27 heavy (non-hydrogen) atoms.